The molecule has 0 bridgehead atoms. The van der Waals surface area contributed by atoms with Crippen molar-refractivity contribution < 1.29 is 28.9 Å². The standard InChI is InChI=1S/C26H30N2O6/c1-32-20-10-9-19(17-21(20)33-2)23-22(24(29)18-7-4-3-5-8-18)25(30)26(31)28(23)12-6-11-27-13-15-34-16-14-27/h3-5,7-10,17,23,29H,6,11-16H2,1-2H3/b24-22-. The molecule has 0 radical (unpaired) electrons. The molecule has 0 aromatic heterocycles. The number of amides is 1. The minimum Gasteiger partial charge on any atom is -0.507 e. The molecule has 0 spiro atoms. The number of rotatable bonds is 8. The van der Waals surface area contributed by atoms with Gasteiger partial charge in [0.15, 0.2) is 11.5 Å². The van der Waals surface area contributed by atoms with Gasteiger partial charge in [-0.15, -0.1) is 0 Å². The maximum absolute atomic E-state index is 13.2. The van der Waals surface area contributed by atoms with Crippen LogP contribution in [0.15, 0.2) is 54.1 Å². The summed E-state index contributed by atoms with van der Waals surface area (Å²) in [4.78, 5) is 30.1. The molecule has 1 atom stereocenters. The van der Waals surface area contributed by atoms with E-state index < -0.39 is 17.7 Å². The number of ketones is 1. The summed E-state index contributed by atoms with van der Waals surface area (Å²) >= 11 is 0. The fourth-order valence-corrected chi connectivity index (χ4v) is 4.52. The SMILES string of the molecule is COc1ccc(C2/C(=C(/O)c3ccccc3)C(=O)C(=O)N2CCCN2CCOCC2)cc1OC. The van der Waals surface area contributed by atoms with Crippen LogP contribution < -0.4 is 9.47 Å². The molecular formula is C26H30N2O6. The second-order valence-electron chi connectivity index (χ2n) is 8.28. The molecule has 2 aliphatic rings. The Balaban J connectivity index is 1.70. The molecule has 2 fully saturated rings. The molecule has 8 nitrogen and oxygen atoms in total. The molecule has 4 rings (SSSR count). The Morgan fingerprint density at radius 1 is 1.00 bits per heavy atom. The highest BCUT2D eigenvalue weighted by Crippen LogP contribution is 2.42. The predicted octanol–water partition coefficient (Wildman–Crippen LogP) is 2.85. The van der Waals surface area contributed by atoms with Crippen molar-refractivity contribution in [1.82, 2.24) is 9.80 Å². The number of hydrogen-bond donors (Lipinski definition) is 1. The first-order valence-corrected chi connectivity index (χ1v) is 11.4. The number of nitrogens with zero attached hydrogens (tertiary/aromatic N) is 2. The summed E-state index contributed by atoms with van der Waals surface area (Å²) in [6, 6.07) is 13.4. The van der Waals surface area contributed by atoms with Gasteiger partial charge in [-0.25, -0.2) is 0 Å². The predicted molar refractivity (Wildman–Crippen MR) is 127 cm³/mol. The number of aliphatic hydroxyl groups excluding tert-OH is 1. The van der Waals surface area contributed by atoms with Gasteiger partial charge in [0.25, 0.3) is 11.7 Å². The second-order valence-corrected chi connectivity index (χ2v) is 8.28. The molecule has 0 saturated carbocycles. The van der Waals surface area contributed by atoms with Crippen LogP contribution >= 0.6 is 0 Å². The fraction of sp³-hybridized carbons (Fsp3) is 0.385. The lowest BCUT2D eigenvalue weighted by Gasteiger charge is -2.29. The van der Waals surface area contributed by atoms with Gasteiger partial charge in [0.05, 0.1) is 39.0 Å². The van der Waals surface area contributed by atoms with E-state index in [1.54, 1.807) is 54.5 Å². The van der Waals surface area contributed by atoms with Crippen molar-refractivity contribution in [2.75, 3.05) is 53.6 Å². The Kier molecular flexibility index (Phi) is 7.49. The summed E-state index contributed by atoms with van der Waals surface area (Å²) in [5, 5.41) is 11.1. The zero-order chi connectivity index (χ0) is 24.1. The van der Waals surface area contributed by atoms with Crippen LogP contribution in [0, 0.1) is 0 Å². The Morgan fingerprint density at radius 3 is 2.38 bits per heavy atom. The normalized spacial score (nSPS) is 20.5. The number of Topliss-reactive ketones (excluding diaryl/α,β-unsaturated/α-hetero) is 1. The van der Waals surface area contributed by atoms with Crippen LogP contribution in [0.5, 0.6) is 11.5 Å². The average Bonchev–Trinajstić information content (AvgIpc) is 3.14. The summed E-state index contributed by atoms with van der Waals surface area (Å²) in [6.45, 7) is 4.29. The lowest BCUT2D eigenvalue weighted by molar-refractivity contribution is -0.140. The lowest BCUT2D eigenvalue weighted by atomic mass is 9.95. The van der Waals surface area contributed by atoms with Gasteiger partial charge in [-0.3, -0.25) is 14.5 Å². The molecule has 2 aromatic carbocycles. The Labute approximate surface area is 199 Å². The van der Waals surface area contributed by atoms with E-state index in [4.69, 9.17) is 14.2 Å². The van der Waals surface area contributed by atoms with Gasteiger partial charge in [0.1, 0.15) is 5.76 Å². The smallest absolute Gasteiger partial charge is 0.295 e. The van der Waals surface area contributed by atoms with Gasteiger partial charge in [-0.2, -0.15) is 0 Å². The highest BCUT2D eigenvalue weighted by Gasteiger charge is 2.46. The minimum absolute atomic E-state index is 0.0785. The molecule has 2 heterocycles. The highest BCUT2D eigenvalue weighted by atomic mass is 16.5. The number of hydrogen-bond acceptors (Lipinski definition) is 7. The molecule has 1 N–H and O–H groups in total. The average molecular weight is 467 g/mol. The number of carbonyl (C=O) groups is 2. The fourth-order valence-electron chi connectivity index (χ4n) is 4.52. The number of methoxy groups -OCH3 is 2. The van der Waals surface area contributed by atoms with E-state index in [-0.39, 0.29) is 11.3 Å². The van der Waals surface area contributed by atoms with E-state index in [1.807, 2.05) is 6.07 Å². The number of ether oxygens (including phenoxy) is 3. The van der Waals surface area contributed by atoms with E-state index in [1.165, 1.54) is 7.11 Å². The van der Waals surface area contributed by atoms with Crippen molar-refractivity contribution in [1.29, 1.82) is 0 Å². The van der Waals surface area contributed by atoms with E-state index >= 15 is 0 Å². The van der Waals surface area contributed by atoms with E-state index in [2.05, 4.69) is 4.90 Å². The molecule has 2 aliphatic heterocycles. The van der Waals surface area contributed by atoms with Crippen molar-refractivity contribution in [2.45, 2.75) is 12.5 Å². The van der Waals surface area contributed by atoms with Gasteiger partial charge in [-0.1, -0.05) is 36.4 Å². The van der Waals surface area contributed by atoms with Crippen LogP contribution in [0.3, 0.4) is 0 Å². The van der Waals surface area contributed by atoms with Gasteiger partial charge in [0.2, 0.25) is 0 Å². The zero-order valence-electron chi connectivity index (χ0n) is 19.5. The number of likely N-dealkylation sites (tertiary alicyclic amines) is 1. The Hall–Kier alpha value is -3.36. The molecule has 2 aromatic rings. The summed E-state index contributed by atoms with van der Waals surface area (Å²) in [6.07, 6.45) is 0.697. The summed E-state index contributed by atoms with van der Waals surface area (Å²) in [5.74, 6) is -0.460. The number of aliphatic hydroxyl groups is 1. The third-order valence-electron chi connectivity index (χ3n) is 6.29. The first-order chi connectivity index (χ1) is 16.5. The van der Waals surface area contributed by atoms with Gasteiger partial charge in [-0.05, 0) is 24.1 Å². The van der Waals surface area contributed by atoms with Crippen LogP contribution in [-0.2, 0) is 14.3 Å². The van der Waals surface area contributed by atoms with Crippen molar-refractivity contribution in [3.05, 3.63) is 65.2 Å². The first kappa shape index (κ1) is 23.8. The lowest BCUT2D eigenvalue weighted by Crippen LogP contribution is -2.38. The maximum Gasteiger partial charge on any atom is 0.295 e. The second kappa shape index (κ2) is 10.7. The largest absolute Gasteiger partial charge is 0.507 e. The van der Waals surface area contributed by atoms with Crippen LogP contribution in [-0.4, -0.2) is 80.2 Å². The maximum atomic E-state index is 13.2. The van der Waals surface area contributed by atoms with Crippen molar-refractivity contribution in [2.24, 2.45) is 0 Å². The van der Waals surface area contributed by atoms with E-state index in [0.29, 0.717) is 48.8 Å². The van der Waals surface area contributed by atoms with Gasteiger partial charge in [0, 0.05) is 31.7 Å². The highest BCUT2D eigenvalue weighted by molar-refractivity contribution is 6.46. The van der Waals surface area contributed by atoms with Crippen molar-refractivity contribution >= 4 is 17.4 Å². The number of carbonyl (C=O) groups excluding carboxylic acids is 2. The van der Waals surface area contributed by atoms with E-state index in [0.717, 1.165) is 19.6 Å². The molecule has 0 aliphatic carbocycles. The van der Waals surface area contributed by atoms with Crippen LogP contribution in [0.1, 0.15) is 23.6 Å². The number of benzene rings is 2. The third kappa shape index (κ3) is 4.78. The molecule has 8 heteroatoms. The van der Waals surface area contributed by atoms with Crippen molar-refractivity contribution in [3.63, 3.8) is 0 Å². The van der Waals surface area contributed by atoms with Gasteiger partial charge >= 0.3 is 0 Å². The first-order valence-electron chi connectivity index (χ1n) is 11.4. The molecule has 1 amide bonds. The quantitative estimate of drug-likeness (QED) is 0.364. The van der Waals surface area contributed by atoms with Crippen LogP contribution in [0.4, 0.5) is 0 Å². The Bertz CT molecular complexity index is 1060. The zero-order valence-corrected chi connectivity index (χ0v) is 19.5. The van der Waals surface area contributed by atoms with Crippen molar-refractivity contribution in [3.8, 4) is 11.5 Å². The van der Waals surface area contributed by atoms with E-state index in [9.17, 15) is 14.7 Å². The monoisotopic (exact) mass is 466 g/mol. The minimum atomic E-state index is -0.732. The molecule has 2 saturated heterocycles. The van der Waals surface area contributed by atoms with Gasteiger partial charge < -0.3 is 24.2 Å². The number of morpholine rings is 1. The molecular weight excluding hydrogens is 436 g/mol. The summed E-state index contributed by atoms with van der Waals surface area (Å²) < 4.78 is 16.2. The summed E-state index contributed by atoms with van der Waals surface area (Å²) in [7, 11) is 3.08. The Morgan fingerprint density at radius 2 is 1.71 bits per heavy atom. The third-order valence-corrected chi connectivity index (χ3v) is 6.29. The topological polar surface area (TPSA) is 88.5 Å². The summed E-state index contributed by atoms with van der Waals surface area (Å²) in [5.41, 5.74) is 1.23. The molecule has 1 unspecified atom stereocenters. The van der Waals surface area contributed by atoms with Crippen LogP contribution in [0.2, 0.25) is 0 Å². The molecule has 34 heavy (non-hydrogen) atoms. The molecule has 180 valence electrons. The van der Waals surface area contributed by atoms with Crippen LogP contribution in [0.25, 0.3) is 5.76 Å².